The molecule has 0 spiro atoms. The molecular weight excluding hydrogens is 681 g/mol. The molecule has 7 aromatic carbocycles. The Labute approximate surface area is 312 Å². The van der Waals surface area contributed by atoms with Gasteiger partial charge in [-0.15, -0.1) is 0 Å². The Morgan fingerprint density at radius 1 is 0.491 bits per heavy atom. The molecule has 0 N–H and O–H groups in total. The Kier molecular flexibility index (Phi) is 6.52. The van der Waals surface area contributed by atoms with Gasteiger partial charge in [0.15, 0.2) is 0 Å². The summed E-state index contributed by atoms with van der Waals surface area (Å²) in [5.41, 5.74) is 11.3. The van der Waals surface area contributed by atoms with Crippen LogP contribution < -0.4 is 5.19 Å². The molecule has 53 heavy (non-hydrogen) atoms. The molecule has 1 aliphatic rings. The highest BCUT2D eigenvalue weighted by Gasteiger charge is 2.26. The predicted molar refractivity (Wildman–Crippen MR) is 226 cm³/mol. The summed E-state index contributed by atoms with van der Waals surface area (Å²) < 4.78 is 4.62. The number of aromatic nitrogens is 4. The van der Waals surface area contributed by atoms with E-state index in [1.165, 1.54) is 69.9 Å². The van der Waals surface area contributed by atoms with Crippen molar-refractivity contribution in [2.24, 2.45) is 0 Å². The Morgan fingerprint density at radius 3 is 1.81 bits per heavy atom. The van der Waals surface area contributed by atoms with Gasteiger partial charge >= 0.3 is 0 Å². The van der Waals surface area contributed by atoms with Crippen molar-refractivity contribution >= 4 is 79.5 Å². The summed E-state index contributed by atoms with van der Waals surface area (Å²) in [5.74, 6) is 0.700. The van der Waals surface area contributed by atoms with Crippen molar-refractivity contribution < 1.29 is 0 Å². The first-order valence-electron chi connectivity index (χ1n) is 18.2. The third-order valence-corrected chi connectivity index (χ3v) is 14.0. The van der Waals surface area contributed by atoms with Crippen LogP contribution in [0.15, 0.2) is 161 Å². The quantitative estimate of drug-likeness (QED) is 0.170. The summed E-state index contributed by atoms with van der Waals surface area (Å²) in [6.07, 6.45) is 0. The summed E-state index contributed by atoms with van der Waals surface area (Å²) in [6.45, 7) is 7.23. The number of benzene rings is 7. The number of para-hydroxylation sites is 3. The monoisotopic (exact) mass is 714 g/mol. The van der Waals surface area contributed by atoms with Gasteiger partial charge in [0.2, 0.25) is 5.95 Å². The van der Waals surface area contributed by atoms with E-state index in [1.807, 2.05) is 11.8 Å². The van der Waals surface area contributed by atoms with E-state index in [2.05, 4.69) is 180 Å². The zero-order chi connectivity index (χ0) is 35.4. The molecule has 0 fully saturated rings. The van der Waals surface area contributed by atoms with Crippen LogP contribution in [0.2, 0.25) is 19.6 Å². The Morgan fingerprint density at radius 2 is 1.11 bits per heavy atom. The minimum Gasteiger partial charge on any atom is -0.309 e. The van der Waals surface area contributed by atoms with Gasteiger partial charge in [0, 0.05) is 48.0 Å². The minimum absolute atomic E-state index is 0.700. The summed E-state index contributed by atoms with van der Waals surface area (Å²) in [7, 11) is -1.48. The van der Waals surface area contributed by atoms with Gasteiger partial charge in [-0.1, -0.05) is 122 Å². The van der Waals surface area contributed by atoms with Crippen molar-refractivity contribution in [1.29, 1.82) is 0 Å². The van der Waals surface area contributed by atoms with Crippen LogP contribution in [-0.4, -0.2) is 27.2 Å². The SMILES string of the molecule is C[Si](C)(C)c1ccc2c(c1)Sc1cccc3nc(-n4c5ccccc5c5cc(-c6ccc7c(c6)c6ccccc6n7-c6ccccc6)ccc54)nc-2c13. The first-order chi connectivity index (χ1) is 25.9. The molecule has 10 aromatic rings. The van der Waals surface area contributed by atoms with Gasteiger partial charge in [-0.05, 0) is 77.9 Å². The van der Waals surface area contributed by atoms with Crippen LogP contribution in [0, 0.1) is 0 Å². The topological polar surface area (TPSA) is 35.6 Å². The van der Waals surface area contributed by atoms with Crippen LogP contribution >= 0.6 is 11.8 Å². The van der Waals surface area contributed by atoms with Crippen LogP contribution in [0.3, 0.4) is 0 Å². The lowest BCUT2D eigenvalue weighted by Crippen LogP contribution is -2.37. The summed E-state index contributed by atoms with van der Waals surface area (Å²) >= 11 is 1.85. The third-order valence-electron chi connectivity index (χ3n) is 10.9. The number of fused-ring (bicyclic) bond motifs is 8. The Hall–Kier alpha value is -5.95. The highest BCUT2D eigenvalue weighted by molar-refractivity contribution is 7.99. The fourth-order valence-electron chi connectivity index (χ4n) is 8.28. The summed E-state index contributed by atoms with van der Waals surface area (Å²) in [5, 5.41) is 7.48. The number of nitrogens with zero attached hydrogens (tertiary/aromatic N) is 4. The van der Waals surface area contributed by atoms with Gasteiger partial charge in [-0.2, -0.15) is 0 Å². The molecule has 4 nitrogen and oxygen atoms in total. The van der Waals surface area contributed by atoms with E-state index >= 15 is 0 Å². The summed E-state index contributed by atoms with van der Waals surface area (Å²) in [4.78, 5) is 13.2. The second-order valence-corrected chi connectivity index (χ2v) is 21.3. The van der Waals surface area contributed by atoms with Crippen molar-refractivity contribution in [3.05, 3.63) is 152 Å². The van der Waals surface area contributed by atoms with Crippen LogP contribution in [0.5, 0.6) is 0 Å². The zero-order valence-electron chi connectivity index (χ0n) is 29.6. The highest BCUT2D eigenvalue weighted by Crippen LogP contribution is 2.47. The molecule has 11 rings (SSSR count). The van der Waals surface area contributed by atoms with Crippen LogP contribution in [0.25, 0.3) is 88.5 Å². The molecule has 0 aliphatic carbocycles. The summed E-state index contributed by atoms with van der Waals surface area (Å²) in [6, 6.07) is 55.3. The van der Waals surface area contributed by atoms with Gasteiger partial charge in [0.1, 0.15) is 0 Å². The van der Waals surface area contributed by atoms with E-state index in [4.69, 9.17) is 9.97 Å². The van der Waals surface area contributed by atoms with Crippen molar-refractivity contribution in [3.8, 4) is 34.0 Å². The van der Waals surface area contributed by atoms with Gasteiger partial charge in [-0.25, -0.2) is 9.97 Å². The maximum Gasteiger partial charge on any atom is 0.235 e. The third kappa shape index (κ3) is 4.62. The second-order valence-electron chi connectivity index (χ2n) is 15.1. The maximum atomic E-state index is 5.43. The molecule has 252 valence electrons. The molecular formula is C47H34N4SSi. The molecule has 0 unspecified atom stereocenters. The lowest BCUT2D eigenvalue weighted by molar-refractivity contribution is 1.01. The smallest absolute Gasteiger partial charge is 0.235 e. The van der Waals surface area contributed by atoms with E-state index in [-0.39, 0.29) is 0 Å². The molecule has 1 aliphatic heterocycles. The molecule has 0 amide bonds. The van der Waals surface area contributed by atoms with Crippen molar-refractivity contribution in [2.75, 3.05) is 0 Å². The zero-order valence-corrected chi connectivity index (χ0v) is 31.4. The lowest BCUT2D eigenvalue weighted by atomic mass is 10.0. The van der Waals surface area contributed by atoms with Gasteiger partial charge in [0.05, 0.1) is 41.4 Å². The molecule has 3 aromatic heterocycles. The lowest BCUT2D eigenvalue weighted by Gasteiger charge is -2.23. The first-order valence-corrected chi connectivity index (χ1v) is 22.5. The van der Waals surface area contributed by atoms with Gasteiger partial charge in [-0.3, -0.25) is 4.57 Å². The number of hydrogen-bond donors (Lipinski definition) is 0. The van der Waals surface area contributed by atoms with Crippen molar-refractivity contribution in [1.82, 2.24) is 19.1 Å². The predicted octanol–water partition coefficient (Wildman–Crippen LogP) is 12.2. The highest BCUT2D eigenvalue weighted by atomic mass is 32.2. The maximum absolute atomic E-state index is 5.43. The van der Waals surface area contributed by atoms with Crippen LogP contribution in [0.4, 0.5) is 0 Å². The van der Waals surface area contributed by atoms with Crippen LogP contribution in [0.1, 0.15) is 0 Å². The van der Waals surface area contributed by atoms with Crippen molar-refractivity contribution in [3.63, 3.8) is 0 Å². The Balaban J connectivity index is 1.10. The average molecular weight is 715 g/mol. The van der Waals surface area contributed by atoms with E-state index in [1.54, 1.807) is 0 Å². The number of rotatable bonds is 4. The normalized spacial score (nSPS) is 12.7. The van der Waals surface area contributed by atoms with E-state index in [0.717, 1.165) is 27.6 Å². The molecule has 6 heteroatoms. The fourth-order valence-corrected chi connectivity index (χ4v) is 10.7. The first kappa shape index (κ1) is 30.7. The van der Waals surface area contributed by atoms with E-state index in [9.17, 15) is 0 Å². The molecule has 4 heterocycles. The van der Waals surface area contributed by atoms with Gasteiger partial charge in [0.25, 0.3) is 0 Å². The molecule has 0 bridgehead atoms. The Bertz CT molecular complexity index is 3130. The fraction of sp³-hybridized carbons (Fsp3) is 0.0638. The average Bonchev–Trinajstić information content (AvgIpc) is 3.70. The van der Waals surface area contributed by atoms with Crippen LogP contribution in [-0.2, 0) is 0 Å². The standard InChI is InChI=1S/C47H34N4SSi/c1-53(2,3)32-22-23-35-44(28-32)52-43-19-11-16-38-45(43)46(35)49-47(48-38)51-40-18-10-8-15-34(40)37-27-30(21-25-42(37)51)29-20-24-41-36(26-29)33-14-7-9-17-39(33)50(41)31-12-5-4-6-13-31/h4-28H,1-3H3. The molecule has 0 radical (unpaired) electrons. The minimum atomic E-state index is -1.48. The second kappa shape index (κ2) is 11.3. The molecule has 0 saturated heterocycles. The van der Waals surface area contributed by atoms with E-state index in [0.29, 0.717) is 5.95 Å². The molecule has 0 atom stereocenters. The molecule has 0 saturated carbocycles. The van der Waals surface area contributed by atoms with E-state index < -0.39 is 8.07 Å². The largest absolute Gasteiger partial charge is 0.309 e. The van der Waals surface area contributed by atoms with Gasteiger partial charge < -0.3 is 4.57 Å². The number of hydrogen-bond acceptors (Lipinski definition) is 3. The van der Waals surface area contributed by atoms with Crippen molar-refractivity contribution in [2.45, 2.75) is 29.4 Å².